The predicted molar refractivity (Wildman–Crippen MR) is 69.9 cm³/mol. The topological polar surface area (TPSA) is 30.5 Å². The Morgan fingerprint density at radius 3 is 2.82 bits per heavy atom. The van der Waals surface area contributed by atoms with Crippen molar-refractivity contribution in [1.29, 1.82) is 0 Å². The average molecular weight is 298 g/mol. The molecule has 1 aromatic rings. The quantitative estimate of drug-likeness (QED) is 0.910. The Morgan fingerprint density at radius 1 is 1.24 bits per heavy atom. The molecule has 0 bridgehead atoms. The third-order valence-electron chi connectivity index (χ3n) is 3.35. The summed E-state index contributed by atoms with van der Waals surface area (Å²) >= 11 is 3.51. The highest BCUT2D eigenvalue weighted by atomic mass is 79.9. The van der Waals surface area contributed by atoms with E-state index in [0.29, 0.717) is 19.3 Å². The van der Waals surface area contributed by atoms with E-state index in [-0.39, 0.29) is 0 Å². The minimum atomic E-state index is 0.589. The highest BCUT2D eigenvalue weighted by Crippen LogP contribution is 2.40. The van der Waals surface area contributed by atoms with Crippen LogP contribution in [0.4, 0.5) is 0 Å². The minimum absolute atomic E-state index is 0.589. The molecule has 1 N–H and O–H groups in total. The maximum Gasteiger partial charge on any atom is 0.175 e. The molecule has 2 aliphatic heterocycles. The largest absolute Gasteiger partial charge is 0.486 e. The van der Waals surface area contributed by atoms with Crippen molar-refractivity contribution in [2.24, 2.45) is 0 Å². The van der Waals surface area contributed by atoms with Crippen LogP contribution in [0, 0.1) is 0 Å². The van der Waals surface area contributed by atoms with E-state index >= 15 is 0 Å². The van der Waals surface area contributed by atoms with Crippen molar-refractivity contribution >= 4 is 15.9 Å². The number of ether oxygens (including phenoxy) is 2. The van der Waals surface area contributed by atoms with Crippen LogP contribution in [0.3, 0.4) is 0 Å². The second-order valence-corrected chi connectivity index (χ2v) is 5.41. The molecule has 1 saturated heterocycles. The zero-order valence-corrected chi connectivity index (χ0v) is 11.3. The average Bonchev–Trinajstić information content (AvgIpc) is 2.86. The Bertz CT molecular complexity index is 416. The van der Waals surface area contributed by atoms with Crippen LogP contribution in [0.1, 0.15) is 18.4 Å². The van der Waals surface area contributed by atoms with Gasteiger partial charge in [0.15, 0.2) is 11.5 Å². The number of hydrogen-bond donors (Lipinski definition) is 1. The maximum atomic E-state index is 5.76. The van der Waals surface area contributed by atoms with E-state index < -0.39 is 0 Å². The first-order chi connectivity index (χ1) is 8.34. The fraction of sp³-hybridized carbons (Fsp3) is 0.538. The summed E-state index contributed by atoms with van der Waals surface area (Å²) < 4.78 is 12.4. The molecule has 0 spiro atoms. The Morgan fingerprint density at radius 2 is 2.06 bits per heavy atom. The normalized spacial score (nSPS) is 22.8. The molecule has 3 rings (SSSR count). The first-order valence-electron chi connectivity index (χ1n) is 6.15. The van der Waals surface area contributed by atoms with E-state index in [9.17, 15) is 0 Å². The fourth-order valence-corrected chi connectivity index (χ4v) is 2.94. The minimum Gasteiger partial charge on any atom is -0.486 e. The first-order valence-corrected chi connectivity index (χ1v) is 6.94. The van der Waals surface area contributed by atoms with E-state index in [2.05, 4.69) is 33.4 Å². The summed E-state index contributed by atoms with van der Waals surface area (Å²) in [5, 5.41) is 3.52. The molecule has 1 aromatic carbocycles. The van der Waals surface area contributed by atoms with Gasteiger partial charge in [0.2, 0.25) is 0 Å². The molecule has 1 atom stereocenters. The third-order valence-corrected chi connectivity index (χ3v) is 3.97. The molecule has 0 aliphatic carbocycles. The zero-order chi connectivity index (χ0) is 11.7. The van der Waals surface area contributed by atoms with E-state index in [0.717, 1.165) is 28.9 Å². The summed E-state index contributed by atoms with van der Waals surface area (Å²) in [6.07, 6.45) is 3.56. The number of halogens is 1. The molecule has 2 heterocycles. The molecule has 2 aliphatic rings. The highest BCUT2D eigenvalue weighted by molar-refractivity contribution is 9.10. The van der Waals surface area contributed by atoms with Crippen LogP contribution in [0.15, 0.2) is 16.6 Å². The smallest absolute Gasteiger partial charge is 0.175 e. The SMILES string of the molecule is Brc1ccc(CC2CCCN2)c2c1OCCO2. The lowest BCUT2D eigenvalue weighted by atomic mass is 10.0. The van der Waals surface area contributed by atoms with Crippen LogP contribution >= 0.6 is 15.9 Å². The van der Waals surface area contributed by atoms with E-state index in [1.165, 1.54) is 18.4 Å². The molecule has 3 nitrogen and oxygen atoms in total. The highest BCUT2D eigenvalue weighted by Gasteiger charge is 2.22. The summed E-state index contributed by atoms with van der Waals surface area (Å²) in [7, 11) is 0. The summed E-state index contributed by atoms with van der Waals surface area (Å²) in [4.78, 5) is 0. The van der Waals surface area contributed by atoms with Gasteiger partial charge in [-0.1, -0.05) is 6.07 Å². The number of nitrogens with one attached hydrogen (secondary N) is 1. The molecule has 0 saturated carbocycles. The van der Waals surface area contributed by atoms with Gasteiger partial charge >= 0.3 is 0 Å². The van der Waals surface area contributed by atoms with Crippen molar-refractivity contribution in [2.45, 2.75) is 25.3 Å². The van der Waals surface area contributed by atoms with Crippen molar-refractivity contribution < 1.29 is 9.47 Å². The molecular formula is C13H16BrNO2. The van der Waals surface area contributed by atoms with Gasteiger partial charge in [0.05, 0.1) is 4.47 Å². The number of hydrogen-bond acceptors (Lipinski definition) is 3. The summed E-state index contributed by atoms with van der Waals surface area (Å²) in [5.74, 6) is 1.80. The van der Waals surface area contributed by atoms with Crippen LogP contribution in [0.25, 0.3) is 0 Å². The van der Waals surface area contributed by atoms with Gasteiger partial charge in [-0.2, -0.15) is 0 Å². The van der Waals surface area contributed by atoms with Crippen molar-refractivity contribution in [1.82, 2.24) is 5.32 Å². The van der Waals surface area contributed by atoms with Crippen molar-refractivity contribution in [2.75, 3.05) is 19.8 Å². The number of rotatable bonds is 2. The second kappa shape index (κ2) is 4.86. The molecule has 0 aromatic heterocycles. The van der Waals surface area contributed by atoms with E-state index in [1.807, 2.05) is 0 Å². The molecule has 0 amide bonds. The standard InChI is InChI=1S/C13H16BrNO2/c14-11-4-3-9(8-10-2-1-5-15-10)12-13(11)17-7-6-16-12/h3-4,10,15H,1-2,5-8H2. The Balaban J connectivity index is 1.88. The Labute approximate surface area is 110 Å². The summed E-state index contributed by atoms with van der Waals surface area (Å²) in [5.41, 5.74) is 1.25. The van der Waals surface area contributed by atoms with E-state index in [1.54, 1.807) is 0 Å². The number of fused-ring (bicyclic) bond motifs is 1. The number of benzene rings is 1. The van der Waals surface area contributed by atoms with Gasteiger partial charge in [0.1, 0.15) is 13.2 Å². The maximum absolute atomic E-state index is 5.76. The second-order valence-electron chi connectivity index (χ2n) is 4.56. The van der Waals surface area contributed by atoms with Gasteiger partial charge in [-0.15, -0.1) is 0 Å². The monoisotopic (exact) mass is 297 g/mol. The van der Waals surface area contributed by atoms with Crippen molar-refractivity contribution in [3.63, 3.8) is 0 Å². The van der Waals surface area contributed by atoms with Crippen LogP contribution in [-0.4, -0.2) is 25.8 Å². The molecule has 1 unspecified atom stereocenters. The summed E-state index contributed by atoms with van der Waals surface area (Å²) in [6, 6.07) is 4.78. The lowest BCUT2D eigenvalue weighted by Gasteiger charge is -2.23. The Hall–Kier alpha value is -0.740. The van der Waals surface area contributed by atoms with Gasteiger partial charge in [-0.25, -0.2) is 0 Å². The predicted octanol–water partition coefficient (Wildman–Crippen LogP) is 2.51. The van der Waals surface area contributed by atoms with Gasteiger partial charge in [-0.3, -0.25) is 0 Å². The molecular weight excluding hydrogens is 282 g/mol. The van der Waals surface area contributed by atoms with Crippen LogP contribution in [0.2, 0.25) is 0 Å². The van der Waals surface area contributed by atoms with Gasteiger partial charge < -0.3 is 14.8 Å². The Kier molecular flexibility index (Phi) is 3.25. The van der Waals surface area contributed by atoms with Gasteiger partial charge in [0, 0.05) is 6.04 Å². The van der Waals surface area contributed by atoms with Crippen molar-refractivity contribution in [3.8, 4) is 11.5 Å². The first kappa shape index (κ1) is 11.4. The molecule has 1 fully saturated rings. The summed E-state index contributed by atoms with van der Waals surface area (Å²) in [6.45, 7) is 2.42. The molecule has 4 heteroatoms. The van der Waals surface area contributed by atoms with Crippen LogP contribution in [-0.2, 0) is 6.42 Å². The zero-order valence-electron chi connectivity index (χ0n) is 9.67. The lowest BCUT2D eigenvalue weighted by Crippen LogP contribution is -2.25. The van der Waals surface area contributed by atoms with Crippen molar-refractivity contribution in [3.05, 3.63) is 22.2 Å². The molecule has 92 valence electrons. The molecule has 0 radical (unpaired) electrons. The lowest BCUT2D eigenvalue weighted by molar-refractivity contribution is 0.168. The van der Waals surface area contributed by atoms with E-state index in [4.69, 9.17) is 9.47 Å². The van der Waals surface area contributed by atoms with Gasteiger partial charge in [-0.05, 0) is 53.4 Å². The van der Waals surface area contributed by atoms with Gasteiger partial charge in [0.25, 0.3) is 0 Å². The van der Waals surface area contributed by atoms with Crippen LogP contribution < -0.4 is 14.8 Å². The fourth-order valence-electron chi connectivity index (χ4n) is 2.52. The molecule has 17 heavy (non-hydrogen) atoms. The van der Waals surface area contributed by atoms with Crippen LogP contribution in [0.5, 0.6) is 11.5 Å². The third kappa shape index (κ3) is 2.29.